The molecule has 3 aliphatic carbocycles. The zero-order chi connectivity index (χ0) is 18.1. The normalized spacial score (nSPS) is 26.2. The summed E-state index contributed by atoms with van der Waals surface area (Å²) >= 11 is -3.62. The summed E-state index contributed by atoms with van der Waals surface area (Å²) < 4.78 is 2.35. The van der Waals surface area contributed by atoms with Gasteiger partial charge in [0.05, 0.1) is 0 Å². The third-order valence-electron chi connectivity index (χ3n) is 5.95. The first-order chi connectivity index (χ1) is 12.0. The topological polar surface area (TPSA) is 0 Å². The summed E-state index contributed by atoms with van der Waals surface area (Å²) in [5, 5.41) is 0. The Hall–Kier alpha value is 0.823. The van der Waals surface area contributed by atoms with Gasteiger partial charge in [0.25, 0.3) is 0 Å². The van der Waals surface area contributed by atoms with E-state index in [9.17, 15) is 0 Å². The molecule has 0 aromatic carbocycles. The summed E-state index contributed by atoms with van der Waals surface area (Å²) in [5.74, 6) is 5.68. The van der Waals surface area contributed by atoms with Crippen LogP contribution in [0.3, 0.4) is 0 Å². The van der Waals surface area contributed by atoms with Gasteiger partial charge in [0.2, 0.25) is 0 Å². The molecule has 4 heteroatoms. The van der Waals surface area contributed by atoms with E-state index < -0.39 is 33.0 Å². The Bertz CT molecular complexity index is 705. The van der Waals surface area contributed by atoms with Gasteiger partial charge in [-0.1, -0.05) is 0 Å². The van der Waals surface area contributed by atoms with Crippen molar-refractivity contribution in [2.24, 2.45) is 5.92 Å². The van der Waals surface area contributed by atoms with Crippen molar-refractivity contribution in [3.63, 3.8) is 0 Å². The van der Waals surface area contributed by atoms with E-state index in [2.05, 4.69) is 43.6 Å². The van der Waals surface area contributed by atoms with E-state index in [1.807, 2.05) is 4.35 Å². The molecule has 0 spiro atoms. The molecule has 0 aliphatic heterocycles. The Kier molecular flexibility index (Phi) is 7.30. The number of hydrogen-bond donors (Lipinski definition) is 0. The zero-order valence-electron chi connectivity index (χ0n) is 15.9. The van der Waals surface area contributed by atoms with Gasteiger partial charge in [0.15, 0.2) is 0 Å². The molecule has 2 atom stereocenters. The SMILES string of the molecule is CCCC1=C(C2=CC=CC2)C2=C(CCC[C](=[Ge]([CH3])[CH3])C2C)[CH]1[Hf]([Cl])[Cl]. The standard InChI is InChI=1S/C21H29Ge.2ClH.Hf/c1-5-9-17-14-18-12-8-13-19(22(3)4)15(2)20(18)21(17)16-10-6-7-11-16;;;/h6-7,10,14-15H,5,8-9,11-13H2,1-4H3;2*1H;/q;;;+2/p-2. The monoisotopic (exact) mass is 605 g/mol. The average Bonchev–Trinajstić information content (AvgIpc) is 3.13. The molecule has 2 unspecified atom stereocenters. The molecule has 0 saturated carbocycles. The third-order valence-corrected chi connectivity index (χ3v) is 17.7. The molecule has 135 valence electrons. The van der Waals surface area contributed by atoms with Crippen molar-refractivity contribution in [3.8, 4) is 0 Å². The molecule has 0 heterocycles. The number of allylic oxidation sites excluding steroid dienone is 8. The fourth-order valence-electron chi connectivity index (χ4n) is 4.97. The van der Waals surface area contributed by atoms with Crippen molar-refractivity contribution in [2.45, 2.75) is 67.6 Å². The van der Waals surface area contributed by atoms with E-state index in [1.165, 1.54) is 37.7 Å². The predicted octanol–water partition coefficient (Wildman–Crippen LogP) is 7.32. The average molecular weight is 603 g/mol. The van der Waals surface area contributed by atoms with Crippen LogP contribution in [0.25, 0.3) is 0 Å². The van der Waals surface area contributed by atoms with Gasteiger partial charge in [0.1, 0.15) is 0 Å². The minimum atomic E-state index is -2.58. The van der Waals surface area contributed by atoms with Crippen LogP contribution in [-0.2, 0) is 19.1 Å². The second-order valence-electron chi connectivity index (χ2n) is 7.74. The molecule has 0 nitrogen and oxygen atoms in total. The van der Waals surface area contributed by atoms with E-state index in [4.69, 9.17) is 17.2 Å². The zero-order valence-corrected chi connectivity index (χ0v) is 23.1. The fraction of sp³-hybridized carbons (Fsp3) is 0.571. The summed E-state index contributed by atoms with van der Waals surface area (Å²) in [7, 11) is 13.6. The maximum absolute atomic E-state index is 6.78. The third kappa shape index (κ3) is 4.00. The van der Waals surface area contributed by atoms with Gasteiger partial charge in [-0.15, -0.1) is 0 Å². The van der Waals surface area contributed by atoms with Gasteiger partial charge in [-0.2, -0.15) is 0 Å². The van der Waals surface area contributed by atoms with Crippen molar-refractivity contribution < 1.29 is 19.1 Å². The first kappa shape index (κ1) is 20.6. The second-order valence-corrected chi connectivity index (χ2v) is 25.7. The molecule has 0 amide bonds. The Balaban J connectivity index is 2.20. The molecule has 25 heavy (non-hydrogen) atoms. The van der Waals surface area contributed by atoms with E-state index in [0.717, 1.165) is 6.42 Å². The van der Waals surface area contributed by atoms with Crippen LogP contribution in [-0.4, -0.2) is 18.3 Å². The number of hydrogen-bond acceptors (Lipinski definition) is 0. The van der Waals surface area contributed by atoms with Gasteiger partial charge in [-0.05, 0) is 0 Å². The summed E-state index contributed by atoms with van der Waals surface area (Å²) in [4.78, 5) is 0. The van der Waals surface area contributed by atoms with Crippen LogP contribution in [0.5, 0.6) is 0 Å². The summed E-state index contributed by atoms with van der Waals surface area (Å²) in [6, 6.07) is 0. The Morgan fingerprint density at radius 3 is 2.56 bits per heavy atom. The van der Waals surface area contributed by atoms with Crippen molar-refractivity contribution in [2.75, 3.05) is 0 Å². The van der Waals surface area contributed by atoms with Gasteiger partial charge in [-0.25, -0.2) is 0 Å². The van der Waals surface area contributed by atoms with Crippen molar-refractivity contribution >= 4 is 35.4 Å². The molecule has 0 aromatic heterocycles. The predicted molar refractivity (Wildman–Crippen MR) is 112 cm³/mol. The van der Waals surface area contributed by atoms with Crippen molar-refractivity contribution in [1.29, 1.82) is 0 Å². The summed E-state index contributed by atoms with van der Waals surface area (Å²) in [6.45, 7) is 4.78. The molecule has 0 bridgehead atoms. The minimum absolute atomic E-state index is 0.457. The Morgan fingerprint density at radius 1 is 1.24 bits per heavy atom. The van der Waals surface area contributed by atoms with Crippen LogP contribution >= 0.6 is 17.2 Å². The van der Waals surface area contributed by atoms with Crippen LogP contribution in [0.1, 0.15) is 52.4 Å². The molecular formula is C21H29Cl2GeHf. The van der Waals surface area contributed by atoms with Crippen LogP contribution in [0.15, 0.2) is 46.1 Å². The van der Waals surface area contributed by atoms with Crippen molar-refractivity contribution in [1.82, 2.24) is 0 Å². The Morgan fingerprint density at radius 2 is 2.00 bits per heavy atom. The van der Waals surface area contributed by atoms with Crippen LogP contribution in [0, 0.1) is 5.92 Å². The van der Waals surface area contributed by atoms with Crippen LogP contribution < -0.4 is 0 Å². The second kappa shape index (κ2) is 8.88. The van der Waals surface area contributed by atoms with Crippen molar-refractivity contribution in [3.05, 3.63) is 46.1 Å². The first-order valence-electron chi connectivity index (χ1n) is 9.63. The van der Waals surface area contributed by atoms with E-state index >= 15 is 0 Å². The quantitative estimate of drug-likeness (QED) is 0.296. The number of rotatable bonds is 4. The summed E-state index contributed by atoms with van der Waals surface area (Å²) in [5.41, 5.74) is 8.09. The van der Waals surface area contributed by atoms with E-state index in [0.29, 0.717) is 9.59 Å². The first-order valence-corrected chi connectivity index (χ1v) is 25.9. The van der Waals surface area contributed by atoms with Crippen LogP contribution in [0.2, 0.25) is 15.2 Å². The Labute approximate surface area is 172 Å². The number of halogens is 2. The molecular weight excluding hydrogens is 574 g/mol. The molecule has 0 radical (unpaired) electrons. The molecule has 0 saturated heterocycles. The molecule has 0 N–H and O–H groups in total. The van der Waals surface area contributed by atoms with Gasteiger partial charge in [0, 0.05) is 0 Å². The van der Waals surface area contributed by atoms with E-state index in [-0.39, 0.29) is 0 Å². The van der Waals surface area contributed by atoms with Gasteiger partial charge >= 0.3 is 174 Å². The molecule has 3 rings (SSSR count). The maximum atomic E-state index is 6.78. The molecule has 0 fully saturated rings. The van der Waals surface area contributed by atoms with Gasteiger partial charge in [-0.3, -0.25) is 0 Å². The van der Waals surface area contributed by atoms with E-state index in [1.54, 1.807) is 22.3 Å². The molecule has 3 aliphatic rings. The summed E-state index contributed by atoms with van der Waals surface area (Å²) in [6.07, 6.45) is 14.2. The van der Waals surface area contributed by atoms with Gasteiger partial charge < -0.3 is 0 Å². The fourth-order valence-corrected chi connectivity index (χ4v) is 16.8. The van der Waals surface area contributed by atoms with Crippen LogP contribution in [0.4, 0.5) is 0 Å². The molecule has 0 aromatic rings.